The Kier molecular flexibility index (Phi) is 7.05. The van der Waals surface area contributed by atoms with E-state index in [1.165, 1.54) is 37.1 Å². The molecule has 0 spiro atoms. The maximum absolute atomic E-state index is 16.9. The van der Waals surface area contributed by atoms with E-state index in [2.05, 4.69) is 21.0 Å². The number of aromatic nitrogens is 2. The zero-order valence-corrected chi connectivity index (χ0v) is 26.9. The monoisotopic (exact) mass is 650 g/mol. The van der Waals surface area contributed by atoms with Crippen LogP contribution in [0, 0.1) is 29.4 Å². The average Bonchev–Trinajstić information content (AvgIpc) is 3.71. The number of terminal acetylenes is 1. The molecule has 9 rings (SSSR count). The van der Waals surface area contributed by atoms with Crippen molar-refractivity contribution in [3.8, 4) is 35.2 Å². The molecule has 5 fully saturated rings. The molecule has 248 valence electrons. The minimum Gasteiger partial charge on any atom is -0.508 e. The summed E-state index contributed by atoms with van der Waals surface area (Å²) in [5.74, 6) is 1.83. The molecule has 4 aromatic rings. The zero-order valence-electron chi connectivity index (χ0n) is 26.9. The van der Waals surface area contributed by atoms with Crippen LogP contribution in [0.15, 0.2) is 36.4 Å². The maximum atomic E-state index is 16.9. The fourth-order valence-corrected chi connectivity index (χ4v) is 9.09. The quantitative estimate of drug-likeness (QED) is 0.227. The van der Waals surface area contributed by atoms with Crippen molar-refractivity contribution >= 4 is 27.5 Å². The Morgan fingerprint density at radius 1 is 1.00 bits per heavy atom. The molecule has 4 atom stereocenters. The smallest absolute Gasteiger partial charge is 0.319 e. The lowest BCUT2D eigenvalue weighted by atomic mass is 9.93. The number of fused-ring (bicyclic) bond motifs is 6. The van der Waals surface area contributed by atoms with E-state index in [1.54, 1.807) is 6.07 Å². The molecule has 8 nitrogen and oxygen atoms in total. The second-order valence-electron chi connectivity index (χ2n) is 14.9. The first-order valence-corrected chi connectivity index (χ1v) is 17.3. The Hall–Kier alpha value is -4.04. The number of hydrogen-bond donors (Lipinski definition) is 3. The van der Waals surface area contributed by atoms with Crippen LogP contribution >= 0.6 is 0 Å². The van der Waals surface area contributed by atoms with Crippen molar-refractivity contribution in [2.75, 3.05) is 31.1 Å². The molecule has 48 heavy (non-hydrogen) atoms. The van der Waals surface area contributed by atoms with E-state index in [9.17, 15) is 9.50 Å². The van der Waals surface area contributed by atoms with Crippen LogP contribution in [0.1, 0.15) is 56.9 Å². The highest BCUT2D eigenvalue weighted by molar-refractivity contribution is 6.04. The predicted molar refractivity (Wildman–Crippen MR) is 182 cm³/mol. The van der Waals surface area contributed by atoms with Gasteiger partial charge in [-0.15, -0.1) is 6.42 Å². The van der Waals surface area contributed by atoms with Crippen molar-refractivity contribution in [1.82, 2.24) is 20.2 Å². The number of nitrogens with zero attached hydrogens (tertiary/aromatic N) is 4. The Labute approximate surface area is 278 Å². The number of piperidine rings is 1. The molecule has 1 aliphatic carbocycles. The van der Waals surface area contributed by atoms with Crippen LogP contribution in [0.3, 0.4) is 0 Å². The molecule has 0 amide bonds. The average molecular weight is 651 g/mol. The van der Waals surface area contributed by atoms with E-state index in [0.29, 0.717) is 64.4 Å². The zero-order chi connectivity index (χ0) is 32.7. The molecule has 0 radical (unpaired) electrons. The molecule has 3 aromatic carbocycles. The van der Waals surface area contributed by atoms with Gasteiger partial charge in [0.05, 0.1) is 12.2 Å². The molecule has 5 aliphatic rings. The van der Waals surface area contributed by atoms with Gasteiger partial charge in [-0.3, -0.25) is 4.90 Å². The van der Waals surface area contributed by atoms with Gasteiger partial charge in [0, 0.05) is 71.6 Å². The molecule has 1 saturated carbocycles. The lowest BCUT2D eigenvalue weighted by molar-refractivity contribution is 0.0808. The summed E-state index contributed by atoms with van der Waals surface area (Å²) in [4.78, 5) is 14.6. The molecule has 1 aromatic heterocycles. The van der Waals surface area contributed by atoms with Crippen molar-refractivity contribution in [2.45, 2.75) is 81.6 Å². The topological polar surface area (TPSA) is 99.8 Å². The van der Waals surface area contributed by atoms with Gasteiger partial charge in [0.2, 0.25) is 0 Å². The van der Waals surface area contributed by atoms with Crippen LogP contribution in [0.2, 0.25) is 0 Å². The fraction of sp³-hybridized carbons (Fsp3) is 0.474. The molecule has 4 aliphatic heterocycles. The van der Waals surface area contributed by atoms with Gasteiger partial charge in [-0.2, -0.15) is 9.97 Å². The van der Waals surface area contributed by atoms with Gasteiger partial charge in [-0.1, -0.05) is 18.1 Å². The highest BCUT2D eigenvalue weighted by Crippen LogP contribution is 2.50. The van der Waals surface area contributed by atoms with Crippen molar-refractivity contribution in [3.05, 3.63) is 53.6 Å². The SMILES string of the molecule is C#Cc1c(F)ccc2cc(O)cc(-c3ccc4c(N5CC6CCC(C5)N6)nc(OCC5(CN6C7CCC6CC(N)C7)CC5)nc4c3F)c12. The lowest BCUT2D eigenvalue weighted by Gasteiger charge is -2.39. The number of rotatable bonds is 7. The van der Waals surface area contributed by atoms with Crippen LogP contribution < -0.4 is 20.7 Å². The number of nitrogens with one attached hydrogen (secondary N) is 1. The van der Waals surface area contributed by atoms with E-state index < -0.39 is 11.6 Å². The maximum Gasteiger partial charge on any atom is 0.319 e. The first-order valence-electron chi connectivity index (χ1n) is 17.3. The highest BCUT2D eigenvalue weighted by Gasteiger charge is 2.50. The number of halogens is 2. The van der Waals surface area contributed by atoms with Crippen LogP contribution in [0.25, 0.3) is 32.8 Å². The third-order valence-corrected chi connectivity index (χ3v) is 11.7. The summed E-state index contributed by atoms with van der Waals surface area (Å²) in [6.45, 7) is 2.97. The summed E-state index contributed by atoms with van der Waals surface area (Å²) in [7, 11) is 0. The van der Waals surface area contributed by atoms with Gasteiger partial charge >= 0.3 is 6.01 Å². The van der Waals surface area contributed by atoms with Gasteiger partial charge in [-0.25, -0.2) is 8.78 Å². The molecule has 4 unspecified atom stereocenters. The number of hydrogen-bond acceptors (Lipinski definition) is 8. The number of nitrogens with two attached hydrogens (primary N) is 1. The van der Waals surface area contributed by atoms with E-state index >= 15 is 4.39 Å². The number of ether oxygens (including phenoxy) is 1. The molecule has 10 heteroatoms. The third kappa shape index (κ3) is 5.06. The Morgan fingerprint density at radius 3 is 2.46 bits per heavy atom. The normalized spacial score (nSPS) is 27.5. The van der Waals surface area contributed by atoms with Crippen LogP contribution in [-0.4, -0.2) is 76.4 Å². The van der Waals surface area contributed by atoms with E-state index in [0.717, 1.165) is 58.2 Å². The predicted octanol–water partition coefficient (Wildman–Crippen LogP) is 5.47. The summed E-state index contributed by atoms with van der Waals surface area (Å²) >= 11 is 0. The Bertz CT molecular complexity index is 1970. The number of anilines is 1. The van der Waals surface area contributed by atoms with Gasteiger partial charge in [0.1, 0.15) is 22.9 Å². The first-order chi connectivity index (χ1) is 23.3. The van der Waals surface area contributed by atoms with Crippen molar-refractivity contribution in [1.29, 1.82) is 0 Å². The Morgan fingerprint density at radius 2 is 1.75 bits per heavy atom. The molecule has 4 saturated heterocycles. The van der Waals surface area contributed by atoms with E-state index in [1.807, 2.05) is 6.07 Å². The molecule has 4 bridgehead atoms. The number of benzene rings is 3. The second kappa shape index (κ2) is 11.3. The second-order valence-corrected chi connectivity index (χ2v) is 14.9. The van der Waals surface area contributed by atoms with Gasteiger partial charge in [0.15, 0.2) is 5.82 Å². The van der Waals surface area contributed by atoms with Crippen LogP contribution in [-0.2, 0) is 0 Å². The van der Waals surface area contributed by atoms with E-state index in [-0.39, 0.29) is 33.8 Å². The van der Waals surface area contributed by atoms with Gasteiger partial charge in [0.25, 0.3) is 0 Å². The molecular formula is C38H40F2N6O2. The van der Waals surface area contributed by atoms with Crippen molar-refractivity contribution in [3.63, 3.8) is 0 Å². The lowest BCUT2D eigenvalue weighted by Crippen LogP contribution is -2.51. The summed E-state index contributed by atoms with van der Waals surface area (Å²) in [5, 5.41) is 15.7. The minimum absolute atomic E-state index is 0.0181. The number of aromatic hydroxyl groups is 1. The standard InChI is InChI=1S/C38H40F2N6O2/c1-2-28-32(39)10-3-21-13-27(47)16-31(33(21)28)29-8-9-30-35(34(29)40)43-37(44-36(30)45-17-23-4-5-24(18-45)42-23)48-20-38(11-12-38)19-46-25-6-7-26(46)15-22(41)14-25/h1,3,8-10,13,16,22-26,42,47H,4-7,11-12,14-15,17-20,41H2. The van der Waals surface area contributed by atoms with Gasteiger partial charge < -0.3 is 25.8 Å². The third-order valence-electron chi connectivity index (χ3n) is 11.7. The number of piperazine rings is 1. The summed E-state index contributed by atoms with van der Waals surface area (Å²) in [6.07, 6.45) is 14.6. The van der Waals surface area contributed by atoms with Gasteiger partial charge in [-0.05, 0) is 86.6 Å². The van der Waals surface area contributed by atoms with E-state index in [4.69, 9.17) is 26.9 Å². The van der Waals surface area contributed by atoms with Crippen LogP contribution in [0.4, 0.5) is 14.6 Å². The Balaban J connectivity index is 1.11. The highest BCUT2D eigenvalue weighted by atomic mass is 19.1. The van der Waals surface area contributed by atoms with Crippen LogP contribution in [0.5, 0.6) is 11.8 Å². The first kappa shape index (κ1) is 30.1. The molecule has 4 N–H and O–H groups in total. The molecule has 5 heterocycles. The minimum atomic E-state index is -0.597. The summed E-state index contributed by atoms with van der Waals surface area (Å²) in [5.41, 5.74) is 6.99. The number of phenolic OH excluding ortho intramolecular Hbond substituents is 1. The molecular weight excluding hydrogens is 610 g/mol. The summed E-state index contributed by atoms with van der Waals surface area (Å²) in [6, 6.07) is 11.4. The van der Waals surface area contributed by atoms with Crippen molar-refractivity contribution in [2.24, 2.45) is 11.1 Å². The van der Waals surface area contributed by atoms with Crippen molar-refractivity contribution < 1.29 is 18.6 Å². The fourth-order valence-electron chi connectivity index (χ4n) is 9.09. The largest absolute Gasteiger partial charge is 0.508 e. The number of phenols is 1. The summed E-state index contributed by atoms with van der Waals surface area (Å²) < 4.78 is 38.3.